The van der Waals surface area contributed by atoms with E-state index in [2.05, 4.69) is 48.5 Å². The van der Waals surface area contributed by atoms with Crippen LogP contribution in [-0.4, -0.2) is 96.7 Å². The lowest BCUT2D eigenvalue weighted by Gasteiger charge is -2.21. The van der Waals surface area contributed by atoms with E-state index in [-0.39, 0.29) is 25.7 Å². The molecule has 0 radical (unpaired) electrons. The van der Waals surface area contributed by atoms with Gasteiger partial charge in [0.05, 0.1) is 26.4 Å². The highest BCUT2D eigenvalue weighted by atomic mass is 31.2. The molecule has 19 heteroatoms. The molecule has 3 N–H and O–H groups in total. The van der Waals surface area contributed by atoms with E-state index < -0.39 is 97.5 Å². The summed E-state index contributed by atoms with van der Waals surface area (Å²) >= 11 is 0. The number of hydrogen-bond donors (Lipinski definition) is 3. The summed E-state index contributed by atoms with van der Waals surface area (Å²) in [5, 5.41) is 10.6. The van der Waals surface area contributed by atoms with Gasteiger partial charge in [-0.05, 0) is 43.4 Å². The van der Waals surface area contributed by atoms with Crippen LogP contribution in [0.15, 0.2) is 0 Å². The van der Waals surface area contributed by atoms with Crippen LogP contribution < -0.4 is 0 Å². The number of carbonyl (C=O) groups is 4. The van der Waals surface area contributed by atoms with Crippen molar-refractivity contribution in [1.82, 2.24) is 0 Å². The molecular formula is C76H148O17P2. The smallest absolute Gasteiger partial charge is 0.462 e. The maximum absolute atomic E-state index is 13.1. The lowest BCUT2D eigenvalue weighted by Crippen LogP contribution is -2.30. The third kappa shape index (κ3) is 70.3. The van der Waals surface area contributed by atoms with E-state index in [0.29, 0.717) is 25.7 Å². The molecule has 0 spiro atoms. The zero-order valence-corrected chi connectivity index (χ0v) is 63.9. The summed E-state index contributed by atoms with van der Waals surface area (Å²) in [4.78, 5) is 72.7. The summed E-state index contributed by atoms with van der Waals surface area (Å²) in [6.45, 7) is 11.9. The second kappa shape index (κ2) is 66.6. The van der Waals surface area contributed by atoms with Crippen LogP contribution in [0, 0.1) is 17.8 Å². The molecule has 0 rings (SSSR count). The minimum atomic E-state index is -4.96. The summed E-state index contributed by atoms with van der Waals surface area (Å²) in [6, 6.07) is 0. The summed E-state index contributed by atoms with van der Waals surface area (Å²) in [5.41, 5.74) is 0. The molecule has 0 aliphatic heterocycles. The van der Waals surface area contributed by atoms with E-state index >= 15 is 0 Å². The Morgan fingerprint density at radius 3 is 0.716 bits per heavy atom. The third-order valence-electron chi connectivity index (χ3n) is 17.6. The Balaban J connectivity index is 5.19. The number of hydrogen-bond acceptors (Lipinski definition) is 15. The Kier molecular flexibility index (Phi) is 65.2. The van der Waals surface area contributed by atoms with E-state index in [1.165, 1.54) is 199 Å². The number of aliphatic hydroxyl groups is 1. The van der Waals surface area contributed by atoms with Gasteiger partial charge in [0, 0.05) is 25.7 Å². The number of aliphatic hydroxyl groups excluding tert-OH is 1. The molecule has 0 bridgehead atoms. The van der Waals surface area contributed by atoms with Gasteiger partial charge in [0.1, 0.15) is 19.3 Å². The van der Waals surface area contributed by atoms with Gasteiger partial charge >= 0.3 is 39.5 Å². The molecule has 0 aliphatic carbocycles. The normalized spacial score (nSPS) is 14.1. The minimum absolute atomic E-state index is 0.105. The molecule has 2 unspecified atom stereocenters. The molecular weight excluding hydrogens is 1250 g/mol. The van der Waals surface area contributed by atoms with Crippen LogP contribution in [0.5, 0.6) is 0 Å². The SMILES string of the molecule is CCCCCCCCCCCCC(=O)OC[C@H](COP(=O)(O)OC[C@H](O)COP(=O)(O)OC[C@@H](COC(=O)CCCCCCCCCCCC(C)C)OC(=O)CCCCCCCCCCCCCCCCCCCCC(C)C)OC(=O)CCCCCCCCCCCC(C)C. The van der Waals surface area contributed by atoms with Crippen molar-refractivity contribution < 1.29 is 80.2 Å². The van der Waals surface area contributed by atoms with Crippen molar-refractivity contribution in [2.24, 2.45) is 17.8 Å². The number of esters is 4. The fourth-order valence-corrected chi connectivity index (χ4v) is 13.2. The van der Waals surface area contributed by atoms with E-state index in [1.807, 2.05) is 0 Å². The van der Waals surface area contributed by atoms with Crippen molar-refractivity contribution in [3.8, 4) is 0 Å². The van der Waals surface area contributed by atoms with Crippen LogP contribution in [-0.2, 0) is 65.4 Å². The first-order chi connectivity index (χ1) is 45.7. The molecule has 0 aliphatic rings. The molecule has 0 heterocycles. The molecule has 17 nitrogen and oxygen atoms in total. The predicted molar refractivity (Wildman–Crippen MR) is 386 cm³/mol. The van der Waals surface area contributed by atoms with Crippen molar-refractivity contribution in [3.05, 3.63) is 0 Å². The fourth-order valence-electron chi connectivity index (χ4n) is 11.6. The van der Waals surface area contributed by atoms with Gasteiger partial charge in [0.2, 0.25) is 0 Å². The Hall–Kier alpha value is -1.94. The van der Waals surface area contributed by atoms with Gasteiger partial charge in [0.25, 0.3) is 0 Å². The molecule has 0 fully saturated rings. The Morgan fingerprint density at radius 2 is 0.484 bits per heavy atom. The highest BCUT2D eigenvalue weighted by Gasteiger charge is 2.30. The molecule has 0 saturated carbocycles. The first-order valence-corrected chi connectivity index (χ1v) is 42.3. The fraction of sp³-hybridized carbons (Fsp3) is 0.947. The van der Waals surface area contributed by atoms with Gasteiger partial charge in [-0.15, -0.1) is 0 Å². The van der Waals surface area contributed by atoms with E-state index in [1.54, 1.807) is 0 Å². The van der Waals surface area contributed by atoms with Crippen molar-refractivity contribution in [3.63, 3.8) is 0 Å². The number of ether oxygens (including phenoxy) is 4. The largest absolute Gasteiger partial charge is 0.472 e. The number of phosphoric ester groups is 2. The lowest BCUT2D eigenvalue weighted by atomic mass is 10.0. The second-order valence-electron chi connectivity index (χ2n) is 28.8. The van der Waals surface area contributed by atoms with Gasteiger partial charge in [-0.1, -0.05) is 337 Å². The molecule has 95 heavy (non-hydrogen) atoms. The molecule has 0 saturated heterocycles. The lowest BCUT2D eigenvalue weighted by molar-refractivity contribution is -0.161. The molecule has 0 amide bonds. The number of carbonyl (C=O) groups excluding carboxylic acids is 4. The highest BCUT2D eigenvalue weighted by molar-refractivity contribution is 7.47. The summed E-state index contributed by atoms with van der Waals surface area (Å²) in [7, 11) is -9.91. The zero-order chi connectivity index (χ0) is 70.1. The average molecular weight is 1400 g/mol. The van der Waals surface area contributed by atoms with Crippen LogP contribution in [0.3, 0.4) is 0 Å². The van der Waals surface area contributed by atoms with Gasteiger partial charge in [-0.2, -0.15) is 0 Å². The van der Waals surface area contributed by atoms with Crippen LogP contribution >= 0.6 is 15.6 Å². The first-order valence-electron chi connectivity index (χ1n) is 39.3. The summed E-state index contributed by atoms with van der Waals surface area (Å²) in [5.74, 6) is 0.181. The van der Waals surface area contributed by atoms with Crippen LogP contribution in [0.4, 0.5) is 0 Å². The zero-order valence-electron chi connectivity index (χ0n) is 62.1. The highest BCUT2D eigenvalue weighted by Crippen LogP contribution is 2.45. The van der Waals surface area contributed by atoms with E-state index in [9.17, 15) is 43.2 Å². The molecule has 5 atom stereocenters. The average Bonchev–Trinajstić information content (AvgIpc) is 1.60. The second-order valence-corrected chi connectivity index (χ2v) is 31.7. The Morgan fingerprint density at radius 1 is 0.284 bits per heavy atom. The third-order valence-corrected chi connectivity index (χ3v) is 19.5. The Bertz CT molecular complexity index is 1850. The van der Waals surface area contributed by atoms with Gasteiger partial charge in [-0.3, -0.25) is 37.3 Å². The van der Waals surface area contributed by atoms with Gasteiger partial charge in [-0.25, -0.2) is 9.13 Å². The topological polar surface area (TPSA) is 237 Å². The van der Waals surface area contributed by atoms with Crippen LogP contribution in [0.2, 0.25) is 0 Å². The van der Waals surface area contributed by atoms with E-state index in [4.69, 9.17) is 37.0 Å². The standard InChI is InChI=1S/C76H148O17P2/c1-8-9-10-11-12-13-29-36-43-50-57-73(78)86-63-72(93-76(81)60-53-46-39-32-25-28-35-42-49-56-69(6)7)66-91-95(84,85)89-62-70(77)61-88-94(82,83)90-65-71(64-87-74(79)58-51-44-37-31-24-27-34-41-48-55-68(4)5)92-75(80)59-52-45-38-30-23-21-19-17-15-14-16-18-20-22-26-33-40-47-54-67(2)3/h67-72,77H,8-66H2,1-7H3,(H,82,83)(H,84,85)/t70-,71-,72-/m1/s1. The monoisotopic (exact) mass is 1400 g/mol. The predicted octanol–water partition coefficient (Wildman–Crippen LogP) is 22.2. The van der Waals surface area contributed by atoms with Crippen molar-refractivity contribution in [2.45, 2.75) is 407 Å². The first kappa shape index (κ1) is 93.1. The Labute approximate surface area is 581 Å². The van der Waals surface area contributed by atoms with Crippen LogP contribution in [0.1, 0.15) is 389 Å². The summed E-state index contributed by atoms with van der Waals surface area (Å²) in [6.07, 6.45) is 52.8. The number of unbranched alkanes of at least 4 members (excludes halogenated alkanes) is 42. The van der Waals surface area contributed by atoms with Gasteiger partial charge in [0.15, 0.2) is 12.2 Å². The van der Waals surface area contributed by atoms with E-state index in [0.717, 1.165) is 108 Å². The maximum Gasteiger partial charge on any atom is 0.472 e. The maximum atomic E-state index is 13.1. The number of rotatable bonds is 74. The van der Waals surface area contributed by atoms with Gasteiger partial charge < -0.3 is 33.8 Å². The minimum Gasteiger partial charge on any atom is -0.462 e. The summed E-state index contributed by atoms with van der Waals surface area (Å²) < 4.78 is 68.5. The van der Waals surface area contributed by atoms with Crippen molar-refractivity contribution in [1.29, 1.82) is 0 Å². The number of phosphoric acid groups is 2. The molecule has 0 aromatic rings. The quantitative estimate of drug-likeness (QED) is 0.0222. The molecule has 0 aromatic heterocycles. The van der Waals surface area contributed by atoms with Crippen LogP contribution in [0.25, 0.3) is 0 Å². The molecule has 0 aromatic carbocycles. The van der Waals surface area contributed by atoms with Crippen molar-refractivity contribution >= 4 is 39.5 Å². The van der Waals surface area contributed by atoms with Crippen molar-refractivity contribution in [2.75, 3.05) is 39.6 Å². The molecule has 564 valence electrons.